The van der Waals surface area contributed by atoms with Gasteiger partial charge in [-0.1, -0.05) is 0 Å². The third-order valence-electron chi connectivity index (χ3n) is 1.79. The molecule has 0 aliphatic rings. The first kappa shape index (κ1) is 8.27. The van der Waals surface area contributed by atoms with E-state index in [9.17, 15) is 4.79 Å². The molecule has 0 saturated carbocycles. The number of thiophene rings is 1. The van der Waals surface area contributed by atoms with Crippen molar-refractivity contribution < 1.29 is 4.79 Å². The quantitative estimate of drug-likeness (QED) is 0.718. The number of amides is 1. The Morgan fingerprint density at radius 3 is 2.73 bits per heavy atom. The molecular formula is C8H11NOS. The Balaban J connectivity index is 2.92. The number of hydrogen-bond donors (Lipinski definition) is 1. The van der Waals surface area contributed by atoms with Crippen LogP contribution in [0, 0.1) is 6.92 Å². The van der Waals surface area contributed by atoms with Crippen molar-refractivity contribution >= 4 is 17.2 Å². The highest BCUT2D eigenvalue weighted by molar-refractivity contribution is 7.10. The first-order valence-electron chi connectivity index (χ1n) is 3.46. The number of primary amides is 1. The highest BCUT2D eigenvalue weighted by Crippen LogP contribution is 2.23. The van der Waals surface area contributed by atoms with Gasteiger partial charge in [0.2, 0.25) is 5.91 Å². The lowest BCUT2D eigenvalue weighted by atomic mass is 10.0. The van der Waals surface area contributed by atoms with Crippen LogP contribution >= 0.6 is 11.3 Å². The summed E-state index contributed by atoms with van der Waals surface area (Å²) >= 11 is 1.64. The lowest BCUT2D eigenvalue weighted by Crippen LogP contribution is -2.18. The summed E-state index contributed by atoms with van der Waals surface area (Å²) in [4.78, 5) is 12.0. The Morgan fingerprint density at radius 1 is 1.73 bits per heavy atom. The highest BCUT2D eigenvalue weighted by atomic mass is 32.1. The molecule has 60 valence electrons. The smallest absolute Gasteiger partial charge is 0.224 e. The van der Waals surface area contributed by atoms with Gasteiger partial charge in [0.05, 0.1) is 5.92 Å². The fraction of sp³-hybridized carbons (Fsp3) is 0.375. The molecule has 1 aromatic rings. The fourth-order valence-corrected chi connectivity index (χ4v) is 1.80. The molecule has 3 heteroatoms. The SMILES string of the molecule is Cc1sccc1C(C)C(N)=O. The van der Waals surface area contributed by atoms with Gasteiger partial charge < -0.3 is 5.73 Å². The van der Waals surface area contributed by atoms with Crippen LogP contribution in [0.1, 0.15) is 23.3 Å². The van der Waals surface area contributed by atoms with Gasteiger partial charge >= 0.3 is 0 Å². The van der Waals surface area contributed by atoms with E-state index in [0.29, 0.717) is 0 Å². The Labute approximate surface area is 70.0 Å². The van der Waals surface area contributed by atoms with Gasteiger partial charge in [-0.2, -0.15) is 0 Å². The first-order valence-corrected chi connectivity index (χ1v) is 4.34. The maximum absolute atomic E-state index is 10.8. The van der Waals surface area contributed by atoms with Gasteiger partial charge in [-0.15, -0.1) is 11.3 Å². The van der Waals surface area contributed by atoms with Gasteiger partial charge in [0.15, 0.2) is 0 Å². The maximum Gasteiger partial charge on any atom is 0.224 e. The van der Waals surface area contributed by atoms with Crippen molar-refractivity contribution in [2.24, 2.45) is 5.73 Å². The third-order valence-corrected chi connectivity index (χ3v) is 2.65. The van der Waals surface area contributed by atoms with Crippen LogP contribution in [0.15, 0.2) is 11.4 Å². The molecule has 0 radical (unpaired) electrons. The number of carbonyl (C=O) groups excluding carboxylic acids is 1. The number of nitrogens with two attached hydrogens (primary N) is 1. The Kier molecular flexibility index (Phi) is 2.29. The Morgan fingerprint density at radius 2 is 2.36 bits per heavy atom. The fourth-order valence-electron chi connectivity index (χ4n) is 0.997. The normalized spacial score (nSPS) is 12.9. The summed E-state index contributed by atoms with van der Waals surface area (Å²) in [5, 5.41) is 1.98. The molecule has 1 atom stereocenters. The van der Waals surface area contributed by atoms with Crippen molar-refractivity contribution in [2.45, 2.75) is 19.8 Å². The summed E-state index contributed by atoms with van der Waals surface area (Å²) in [5.74, 6) is -0.409. The van der Waals surface area contributed by atoms with Gasteiger partial charge in [-0.3, -0.25) is 4.79 Å². The predicted octanol–water partition coefficient (Wildman–Crippen LogP) is 1.65. The molecule has 1 aromatic heterocycles. The molecule has 0 saturated heterocycles. The Bertz CT molecular complexity index is 267. The van der Waals surface area contributed by atoms with Crippen molar-refractivity contribution in [3.05, 3.63) is 21.9 Å². The van der Waals surface area contributed by atoms with Crippen LogP contribution in [0.3, 0.4) is 0 Å². The van der Waals surface area contributed by atoms with E-state index >= 15 is 0 Å². The van der Waals surface area contributed by atoms with E-state index < -0.39 is 0 Å². The molecule has 1 heterocycles. The molecule has 0 bridgehead atoms. The zero-order chi connectivity index (χ0) is 8.43. The summed E-state index contributed by atoms with van der Waals surface area (Å²) in [6.07, 6.45) is 0. The molecule has 1 rings (SSSR count). The predicted molar refractivity (Wildman–Crippen MR) is 46.7 cm³/mol. The monoisotopic (exact) mass is 169 g/mol. The maximum atomic E-state index is 10.8. The summed E-state index contributed by atoms with van der Waals surface area (Å²) in [5.41, 5.74) is 6.22. The van der Waals surface area contributed by atoms with Crippen molar-refractivity contribution in [3.8, 4) is 0 Å². The molecule has 2 N–H and O–H groups in total. The van der Waals surface area contributed by atoms with Gasteiger partial charge in [-0.05, 0) is 30.9 Å². The molecule has 0 fully saturated rings. The molecular weight excluding hydrogens is 158 g/mol. The minimum absolute atomic E-state index is 0.152. The summed E-state index contributed by atoms with van der Waals surface area (Å²) in [6.45, 7) is 3.83. The van der Waals surface area contributed by atoms with E-state index in [1.807, 2.05) is 25.3 Å². The first-order chi connectivity index (χ1) is 5.13. The van der Waals surface area contributed by atoms with E-state index in [1.165, 1.54) is 4.88 Å². The van der Waals surface area contributed by atoms with E-state index in [4.69, 9.17) is 5.73 Å². The van der Waals surface area contributed by atoms with Crippen molar-refractivity contribution in [3.63, 3.8) is 0 Å². The second-order valence-corrected chi connectivity index (χ2v) is 3.68. The Hall–Kier alpha value is -0.830. The zero-order valence-corrected chi connectivity index (χ0v) is 7.44. The van der Waals surface area contributed by atoms with E-state index in [1.54, 1.807) is 11.3 Å². The second-order valence-electron chi connectivity index (χ2n) is 2.56. The molecule has 0 aliphatic carbocycles. The van der Waals surface area contributed by atoms with Gasteiger partial charge in [0, 0.05) is 4.88 Å². The zero-order valence-electron chi connectivity index (χ0n) is 6.63. The lowest BCUT2D eigenvalue weighted by molar-refractivity contribution is -0.119. The largest absolute Gasteiger partial charge is 0.369 e. The van der Waals surface area contributed by atoms with Gasteiger partial charge in [0.1, 0.15) is 0 Å². The topological polar surface area (TPSA) is 43.1 Å². The van der Waals surface area contributed by atoms with Crippen molar-refractivity contribution in [1.29, 1.82) is 0 Å². The molecule has 0 spiro atoms. The average molecular weight is 169 g/mol. The van der Waals surface area contributed by atoms with Crippen LogP contribution < -0.4 is 5.73 Å². The van der Waals surface area contributed by atoms with Crippen LogP contribution in [0.25, 0.3) is 0 Å². The van der Waals surface area contributed by atoms with Crippen LogP contribution in [0.2, 0.25) is 0 Å². The van der Waals surface area contributed by atoms with Crippen LogP contribution in [0.4, 0.5) is 0 Å². The number of hydrogen-bond acceptors (Lipinski definition) is 2. The van der Waals surface area contributed by atoms with Crippen LogP contribution in [-0.2, 0) is 4.79 Å². The van der Waals surface area contributed by atoms with Crippen molar-refractivity contribution in [2.75, 3.05) is 0 Å². The summed E-state index contributed by atoms with van der Waals surface area (Å²) < 4.78 is 0. The highest BCUT2D eigenvalue weighted by Gasteiger charge is 2.13. The molecule has 0 aliphatic heterocycles. The number of rotatable bonds is 2. The minimum Gasteiger partial charge on any atom is -0.369 e. The molecule has 2 nitrogen and oxygen atoms in total. The summed E-state index contributed by atoms with van der Waals surface area (Å²) in [7, 11) is 0. The molecule has 1 amide bonds. The average Bonchev–Trinajstić information content (AvgIpc) is 2.33. The van der Waals surface area contributed by atoms with E-state index in [0.717, 1.165) is 5.56 Å². The van der Waals surface area contributed by atoms with Gasteiger partial charge in [-0.25, -0.2) is 0 Å². The minimum atomic E-state index is -0.258. The van der Waals surface area contributed by atoms with Gasteiger partial charge in [0.25, 0.3) is 0 Å². The molecule has 1 unspecified atom stereocenters. The second kappa shape index (κ2) is 3.05. The number of carbonyl (C=O) groups is 1. The lowest BCUT2D eigenvalue weighted by Gasteiger charge is -2.04. The van der Waals surface area contributed by atoms with Crippen LogP contribution in [0.5, 0.6) is 0 Å². The summed E-state index contributed by atoms with van der Waals surface area (Å²) in [6, 6.07) is 1.95. The number of aryl methyl sites for hydroxylation is 1. The molecule has 0 aromatic carbocycles. The van der Waals surface area contributed by atoms with Crippen LogP contribution in [-0.4, -0.2) is 5.91 Å². The van der Waals surface area contributed by atoms with E-state index in [-0.39, 0.29) is 11.8 Å². The standard InChI is InChI=1S/C8H11NOS/c1-5(8(9)10)7-3-4-11-6(7)2/h3-5H,1-2H3,(H2,9,10). The third kappa shape index (κ3) is 1.60. The van der Waals surface area contributed by atoms with E-state index in [2.05, 4.69) is 0 Å². The van der Waals surface area contributed by atoms with Crippen molar-refractivity contribution in [1.82, 2.24) is 0 Å². The molecule has 11 heavy (non-hydrogen) atoms.